The van der Waals surface area contributed by atoms with Crippen molar-refractivity contribution in [1.82, 2.24) is 0 Å². The topological polar surface area (TPSA) is 12.0 Å². The summed E-state index contributed by atoms with van der Waals surface area (Å²) in [7, 11) is 0. The number of hydrogen-bond acceptors (Lipinski definition) is 1. The molecule has 0 saturated carbocycles. The second kappa shape index (κ2) is 5.36. The minimum absolute atomic E-state index is 0.0859. The van der Waals surface area contributed by atoms with Gasteiger partial charge in [-0.3, -0.25) is 0 Å². The number of alkyl halides is 3. The molecule has 1 aliphatic heterocycles. The summed E-state index contributed by atoms with van der Waals surface area (Å²) in [5, 5.41) is 3.32. The number of fused-ring (bicyclic) bond motifs is 3. The van der Waals surface area contributed by atoms with Crippen LogP contribution in [0.3, 0.4) is 0 Å². The molecule has 0 fully saturated rings. The van der Waals surface area contributed by atoms with Crippen LogP contribution >= 0.6 is 0 Å². The number of anilines is 1. The molecule has 1 nitrogen and oxygen atoms in total. The number of halogens is 4. The van der Waals surface area contributed by atoms with Crippen LogP contribution in [0.15, 0.2) is 54.6 Å². The van der Waals surface area contributed by atoms with Crippen molar-refractivity contribution in [3.63, 3.8) is 0 Å². The molecule has 1 N–H and O–H groups in total. The molecule has 0 saturated heterocycles. The van der Waals surface area contributed by atoms with Crippen molar-refractivity contribution >= 4 is 5.69 Å². The first-order chi connectivity index (χ1) is 11.4. The van der Waals surface area contributed by atoms with E-state index in [1.54, 1.807) is 6.07 Å². The monoisotopic (exact) mass is 333 g/mol. The molecule has 0 unspecified atom stereocenters. The maximum Gasteiger partial charge on any atom is 0.416 e. The summed E-state index contributed by atoms with van der Waals surface area (Å²) in [6.45, 7) is 0. The number of benzene rings is 2. The normalized spacial score (nSPS) is 25.1. The molecule has 5 heteroatoms. The van der Waals surface area contributed by atoms with Crippen LogP contribution in [0, 0.1) is 11.7 Å². The number of hydrogen-bond donors (Lipinski definition) is 1. The van der Waals surface area contributed by atoms with Crippen molar-refractivity contribution in [3.8, 4) is 0 Å². The Bertz CT molecular complexity index is 809. The lowest BCUT2D eigenvalue weighted by Crippen LogP contribution is -2.29. The van der Waals surface area contributed by atoms with Crippen molar-refractivity contribution in [2.75, 3.05) is 5.32 Å². The van der Waals surface area contributed by atoms with Crippen LogP contribution in [0.25, 0.3) is 0 Å². The van der Waals surface area contributed by atoms with Crippen LogP contribution in [0.4, 0.5) is 23.2 Å². The molecule has 1 aliphatic carbocycles. The molecule has 0 aromatic heterocycles. The molecule has 2 aromatic carbocycles. The third-order valence-corrected chi connectivity index (χ3v) is 4.90. The molecule has 2 aromatic rings. The van der Waals surface area contributed by atoms with Gasteiger partial charge >= 0.3 is 6.18 Å². The van der Waals surface area contributed by atoms with E-state index < -0.39 is 11.7 Å². The first-order valence-electron chi connectivity index (χ1n) is 7.83. The van der Waals surface area contributed by atoms with Gasteiger partial charge in [0.2, 0.25) is 0 Å². The molecule has 2 aliphatic rings. The van der Waals surface area contributed by atoms with Crippen molar-refractivity contribution in [3.05, 3.63) is 77.1 Å². The van der Waals surface area contributed by atoms with Crippen LogP contribution in [-0.2, 0) is 6.18 Å². The van der Waals surface area contributed by atoms with Gasteiger partial charge in [-0.15, -0.1) is 0 Å². The predicted octanol–water partition coefficient (Wildman–Crippen LogP) is 5.67. The Morgan fingerprint density at radius 1 is 1.04 bits per heavy atom. The number of nitrogens with one attached hydrogen (secondary N) is 1. The van der Waals surface area contributed by atoms with Crippen molar-refractivity contribution < 1.29 is 17.6 Å². The second-order valence-corrected chi connectivity index (χ2v) is 6.33. The van der Waals surface area contributed by atoms with Gasteiger partial charge in [-0.1, -0.05) is 24.3 Å². The zero-order valence-electron chi connectivity index (χ0n) is 12.6. The Labute approximate surface area is 137 Å². The summed E-state index contributed by atoms with van der Waals surface area (Å²) < 4.78 is 52.6. The summed E-state index contributed by atoms with van der Waals surface area (Å²) >= 11 is 0. The Hall–Kier alpha value is -2.30. The Morgan fingerprint density at radius 3 is 2.62 bits per heavy atom. The van der Waals surface area contributed by atoms with E-state index in [2.05, 4.69) is 5.32 Å². The van der Waals surface area contributed by atoms with Crippen LogP contribution in [0.1, 0.15) is 35.1 Å². The summed E-state index contributed by atoms with van der Waals surface area (Å²) in [6, 6.07) is 10.1. The molecule has 124 valence electrons. The molecule has 0 radical (unpaired) electrons. The third-order valence-electron chi connectivity index (χ3n) is 4.90. The Balaban J connectivity index is 1.78. The fourth-order valence-corrected chi connectivity index (χ4v) is 3.80. The van der Waals surface area contributed by atoms with Crippen LogP contribution < -0.4 is 5.32 Å². The van der Waals surface area contributed by atoms with E-state index in [0.29, 0.717) is 11.3 Å². The van der Waals surface area contributed by atoms with Crippen molar-refractivity contribution in [1.29, 1.82) is 0 Å². The zero-order chi connectivity index (χ0) is 16.9. The van der Waals surface area contributed by atoms with Gasteiger partial charge < -0.3 is 5.32 Å². The van der Waals surface area contributed by atoms with E-state index in [9.17, 15) is 17.6 Å². The predicted molar refractivity (Wildman–Crippen MR) is 84.2 cm³/mol. The summed E-state index contributed by atoms with van der Waals surface area (Å²) in [5.74, 6) is -0.311. The third kappa shape index (κ3) is 2.48. The quantitative estimate of drug-likeness (QED) is 0.524. The summed E-state index contributed by atoms with van der Waals surface area (Å²) in [5.41, 5.74) is 1.53. The largest absolute Gasteiger partial charge is 0.416 e. The molecule has 0 amide bonds. The standard InChI is InChI=1S/C19H15F4N/c20-13-4-1-3-11(9-13)18-15-6-2-5-14(15)16-10-12(19(21,22)23)7-8-17(16)24-18/h1-5,7-10,14-15,18,24H,6H2/t14-,15+,18+/m1/s1. The van der Waals surface area contributed by atoms with Gasteiger partial charge in [0.15, 0.2) is 0 Å². The lowest BCUT2D eigenvalue weighted by molar-refractivity contribution is -0.137. The van der Waals surface area contributed by atoms with Gasteiger partial charge in [-0.05, 0) is 53.8 Å². The van der Waals surface area contributed by atoms with Gasteiger partial charge in [-0.2, -0.15) is 13.2 Å². The molecule has 3 atom stereocenters. The Kier molecular flexibility index (Phi) is 3.41. The van der Waals surface area contributed by atoms with E-state index in [0.717, 1.165) is 18.1 Å². The van der Waals surface area contributed by atoms with Gasteiger partial charge in [0.05, 0.1) is 11.6 Å². The van der Waals surface area contributed by atoms with E-state index in [-0.39, 0.29) is 23.7 Å². The molecule has 24 heavy (non-hydrogen) atoms. The van der Waals surface area contributed by atoms with Gasteiger partial charge in [0, 0.05) is 11.6 Å². The molecule has 0 bridgehead atoms. The fraction of sp³-hybridized carbons (Fsp3) is 0.263. The van der Waals surface area contributed by atoms with E-state index >= 15 is 0 Å². The molecular weight excluding hydrogens is 318 g/mol. The highest BCUT2D eigenvalue weighted by Gasteiger charge is 2.40. The maximum absolute atomic E-state index is 13.6. The lowest BCUT2D eigenvalue weighted by atomic mass is 9.76. The van der Waals surface area contributed by atoms with E-state index in [4.69, 9.17) is 0 Å². The van der Waals surface area contributed by atoms with Crippen molar-refractivity contribution in [2.24, 2.45) is 5.92 Å². The minimum Gasteiger partial charge on any atom is -0.378 e. The van der Waals surface area contributed by atoms with Gasteiger partial charge in [0.25, 0.3) is 0 Å². The first-order valence-corrected chi connectivity index (χ1v) is 7.83. The first kappa shape index (κ1) is 15.2. The Morgan fingerprint density at radius 2 is 1.88 bits per heavy atom. The maximum atomic E-state index is 13.6. The summed E-state index contributed by atoms with van der Waals surface area (Å²) in [6.07, 6.45) is 0.371. The fourth-order valence-electron chi connectivity index (χ4n) is 3.80. The highest BCUT2D eigenvalue weighted by molar-refractivity contribution is 5.61. The smallest absolute Gasteiger partial charge is 0.378 e. The van der Waals surface area contributed by atoms with Crippen LogP contribution in [0.5, 0.6) is 0 Å². The lowest BCUT2D eigenvalue weighted by Gasteiger charge is -2.37. The van der Waals surface area contributed by atoms with E-state index in [1.807, 2.05) is 18.2 Å². The van der Waals surface area contributed by atoms with Crippen LogP contribution in [-0.4, -0.2) is 0 Å². The van der Waals surface area contributed by atoms with Gasteiger partial charge in [-0.25, -0.2) is 4.39 Å². The van der Waals surface area contributed by atoms with E-state index in [1.165, 1.54) is 24.3 Å². The summed E-state index contributed by atoms with van der Waals surface area (Å²) in [4.78, 5) is 0. The molecule has 1 heterocycles. The molecule has 0 spiro atoms. The minimum atomic E-state index is -4.35. The number of allylic oxidation sites excluding steroid dienone is 2. The highest BCUT2D eigenvalue weighted by atomic mass is 19.4. The molecular formula is C19H15F4N. The van der Waals surface area contributed by atoms with Crippen LogP contribution in [0.2, 0.25) is 0 Å². The average Bonchev–Trinajstić information content (AvgIpc) is 3.02. The SMILES string of the molecule is Fc1cccc([C@@H]2Nc3ccc(C(F)(F)F)cc3[C@@H]3C=CC[C@@H]32)c1. The highest BCUT2D eigenvalue weighted by Crippen LogP contribution is 2.50. The van der Waals surface area contributed by atoms with Crippen molar-refractivity contribution in [2.45, 2.75) is 24.6 Å². The molecule has 4 rings (SSSR count). The zero-order valence-corrected chi connectivity index (χ0v) is 12.6. The number of rotatable bonds is 1. The van der Waals surface area contributed by atoms with Gasteiger partial charge in [0.1, 0.15) is 5.82 Å². The average molecular weight is 333 g/mol. The second-order valence-electron chi connectivity index (χ2n) is 6.33.